The van der Waals surface area contributed by atoms with Crippen molar-refractivity contribution in [3.63, 3.8) is 0 Å². The van der Waals surface area contributed by atoms with Gasteiger partial charge in [0, 0.05) is 5.69 Å². The molecule has 2 N–H and O–H groups in total. The van der Waals surface area contributed by atoms with E-state index in [1.165, 1.54) is 6.20 Å². The Bertz CT molecular complexity index is 585. The van der Waals surface area contributed by atoms with Crippen LogP contribution in [-0.4, -0.2) is 19.9 Å². The molecule has 0 aromatic carbocycles. The highest BCUT2D eigenvalue weighted by atomic mass is 16.6. The van der Waals surface area contributed by atoms with E-state index in [1.807, 2.05) is 6.92 Å². The first kappa shape index (κ1) is 11.7. The second-order valence-corrected chi connectivity index (χ2v) is 3.41. The van der Waals surface area contributed by atoms with Crippen LogP contribution in [0, 0.1) is 17.0 Å². The van der Waals surface area contributed by atoms with Crippen molar-refractivity contribution in [1.29, 1.82) is 0 Å². The maximum absolute atomic E-state index is 10.8. The van der Waals surface area contributed by atoms with E-state index in [-0.39, 0.29) is 11.7 Å². The van der Waals surface area contributed by atoms with Gasteiger partial charge >= 0.3 is 11.6 Å². The number of hydrogen-bond donors (Lipinski definition) is 1. The average molecular weight is 247 g/mol. The molecule has 0 saturated carbocycles. The van der Waals surface area contributed by atoms with Crippen LogP contribution in [0.5, 0.6) is 11.6 Å². The molecule has 8 heteroatoms. The standard InChI is InChI=1S/C10H9N5O3/c1-6-2-3-7(4-12-6)18-10-8(15(16)17)9(11)13-5-14-10/h2-5H,1H3,(H2,11,13,14). The predicted molar refractivity (Wildman–Crippen MR) is 62.1 cm³/mol. The minimum absolute atomic E-state index is 0.210. The molecule has 18 heavy (non-hydrogen) atoms. The number of nitro groups is 1. The zero-order chi connectivity index (χ0) is 13.1. The van der Waals surface area contributed by atoms with E-state index in [9.17, 15) is 10.1 Å². The maximum atomic E-state index is 10.8. The predicted octanol–water partition coefficient (Wildman–Crippen LogP) is 1.46. The molecule has 0 radical (unpaired) electrons. The third-order valence-corrected chi connectivity index (χ3v) is 2.10. The monoisotopic (exact) mass is 247 g/mol. The van der Waals surface area contributed by atoms with Crippen LogP contribution in [0.15, 0.2) is 24.7 Å². The van der Waals surface area contributed by atoms with Crippen LogP contribution in [0.2, 0.25) is 0 Å². The molecule has 2 rings (SSSR count). The van der Waals surface area contributed by atoms with Crippen LogP contribution in [0.25, 0.3) is 0 Å². The Morgan fingerprint density at radius 1 is 1.33 bits per heavy atom. The van der Waals surface area contributed by atoms with E-state index in [1.54, 1.807) is 12.1 Å². The number of nitrogens with two attached hydrogens (primary N) is 1. The molecule has 92 valence electrons. The lowest BCUT2D eigenvalue weighted by molar-refractivity contribution is -0.385. The lowest BCUT2D eigenvalue weighted by atomic mass is 10.4. The third-order valence-electron chi connectivity index (χ3n) is 2.10. The summed E-state index contributed by atoms with van der Waals surface area (Å²) in [6, 6.07) is 3.34. The zero-order valence-corrected chi connectivity index (χ0v) is 9.40. The van der Waals surface area contributed by atoms with Crippen LogP contribution in [-0.2, 0) is 0 Å². The van der Waals surface area contributed by atoms with Crippen molar-refractivity contribution in [3.8, 4) is 11.6 Å². The number of pyridine rings is 1. The first-order valence-corrected chi connectivity index (χ1v) is 4.93. The molecular weight excluding hydrogens is 238 g/mol. The first-order chi connectivity index (χ1) is 8.58. The Kier molecular flexibility index (Phi) is 3.00. The SMILES string of the molecule is Cc1ccc(Oc2ncnc(N)c2[N+](=O)[O-])cn1. The quantitative estimate of drug-likeness (QED) is 0.644. The molecular formula is C10H9N5O3. The van der Waals surface area contributed by atoms with Crippen molar-refractivity contribution in [2.45, 2.75) is 6.92 Å². The van der Waals surface area contributed by atoms with Crippen molar-refractivity contribution < 1.29 is 9.66 Å². The number of anilines is 1. The van der Waals surface area contributed by atoms with E-state index in [2.05, 4.69) is 15.0 Å². The lowest BCUT2D eigenvalue weighted by Crippen LogP contribution is -2.02. The molecule has 2 heterocycles. The molecule has 8 nitrogen and oxygen atoms in total. The van der Waals surface area contributed by atoms with Gasteiger partial charge < -0.3 is 10.5 Å². The maximum Gasteiger partial charge on any atom is 0.372 e. The first-order valence-electron chi connectivity index (χ1n) is 4.93. The molecule has 0 saturated heterocycles. The number of hydrogen-bond acceptors (Lipinski definition) is 7. The van der Waals surface area contributed by atoms with Gasteiger partial charge in [-0.3, -0.25) is 15.1 Å². The topological polar surface area (TPSA) is 117 Å². The molecule has 0 amide bonds. The number of aromatic nitrogens is 3. The van der Waals surface area contributed by atoms with Crippen LogP contribution < -0.4 is 10.5 Å². The van der Waals surface area contributed by atoms with Gasteiger partial charge in [0.1, 0.15) is 12.1 Å². The van der Waals surface area contributed by atoms with Gasteiger partial charge in [0.15, 0.2) is 0 Å². The smallest absolute Gasteiger partial charge is 0.372 e. The van der Waals surface area contributed by atoms with Crippen molar-refractivity contribution in [2.24, 2.45) is 0 Å². The Morgan fingerprint density at radius 3 is 2.72 bits per heavy atom. The fourth-order valence-corrected chi connectivity index (χ4v) is 1.25. The summed E-state index contributed by atoms with van der Waals surface area (Å²) >= 11 is 0. The van der Waals surface area contributed by atoms with E-state index < -0.39 is 10.6 Å². The molecule has 0 fully saturated rings. The fourth-order valence-electron chi connectivity index (χ4n) is 1.25. The molecule has 0 spiro atoms. The summed E-state index contributed by atoms with van der Waals surface area (Å²) < 4.78 is 5.27. The summed E-state index contributed by atoms with van der Waals surface area (Å²) in [6.07, 6.45) is 2.54. The molecule has 0 aliphatic carbocycles. The number of rotatable bonds is 3. The molecule has 0 bridgehead atoms. The average Bonchev–Trinajstić information content (AvgIpc) is 2.32. The van der Waals surface area contributed by atoms with Gasteiger partial charge in [-0.1, -0.05) is 0 Å². The zero-order valence-electron chi connectivity index (χ0n) is 9.40. The van der Waals surface area contributed by atoms with Crippen LogP contribution in [0.1, 0.15) is 5.69 Å². The minimum Gasteiger partial charge on any atom is -0.432 e. The molecule has 0 aliphatic rings. The van der Waals surface area contributed by atoms with Gasteiger partial charge in [-0.25, -0.2) is 4.98 Å². The lowest BCUT2D eigenvalue weighted by Gasteiger charge is -2.05. The normalized spacial score (nSPS) is 10.1. The summed E-state index contributed by atoms with van der Waals surface area (Å²) in [6.45, 7) is 1.81. The molecule has 0 unspecified atom stereocenters. The molecule has 2 aromatic rings. The minimum atomic E-state index is -0.688. The number of aryl methyl sites for hydroxylation is 1. The fraction of sp³-hybridized carbons (Fsp3) is 0.100. The number of nitrogens with zero attached hydrogens (tertiary/aromatic N) is 4. The van der Waals surface area contributed by atoms with E-state index in [4.69, 9.17) is 10.5 Å². The van der Waals surface area contributed by atoms with E-state index in [0.717, 1.165) is 12.0 Å². The van der Waals surface area contributed by atoms with Crippen molar-refractivity contribution in [2.75, 3.05) is 5.73 Å². The highest BCUT2D eigenvalue weighted by Crippen LogP contribution is 2.31. The van der Waals surface area contributed by atoms with Gasteiger partial charge in [-0.15, -0.1) is 0 Å². The highest BCUT2D eigenvalue weighted by Gasteiger charge is 2.22. The highest BCUT2D eigenvalue weighted by molar-refractivity contribution is 5.58. The van der Waals surface area contributed by atoms with E-state index in [0.29, 0.717) is 5.75 Å². The second kappa shape index (κ2) is 4.62. The summed E-state index contributed by atoms with van der Waals surface area (Å²) in [5, 5.41) is 10.8. The Morgan fingerprint density at radius 2 is 2.11 bits per heavy atom. The third kappa shape index (κ3) is 2.32. The largest absolute Gasteiger partial charge is 0.432 e. The van der Waals surface area contributed by atoms with Gasteiger partial charge in [-0.05, 0) is 19.1 Å². The van der Waals surface area contributed by atoms with Crippen molar-refractivity contribution >= 4 is 11.5 Å². The summed E-state index contributed by atoms with van der Waals surface area (Å²) in [5.74, 6) is -0.120. The Balaban J connectivity index is 2.37. The van der Waals surface area contributed by atoms with Crippen molar-refractivity contribution in [1.82, 2.24) is 15.0 Å². The Hall–Kier alpha value is -2.77. The van der Waals surface area contributed by atoms with Crippen LogP contribution in [0.3, 0.4) is 0 Å². The Labute approximate surface area is 102 Å². The molecule has 0 atom stereocenters. The van der Waals surface area contributed by atoms with Gasteiger partial charge in [-0.2, -0.15) is 4.98 Å². The number of ether oxygens (including phenoxy) is 1. The summed E-state index contributed by atoms with van der Waals surface area (Å²) in [4.78, 5) is 21.4. The van der Waals surface area contributed by atoms with Gasteiger partial charge in [0.05, 0.1) is 11.1 Å². The van der Waals surface area contributed by atoms with Crippen molar-refractivity contribution in [3.05, 3.63) is 40.5 Å². The van der Waals surface area contributed by atoms with E-state index >= 15 is 0 Å². The molecule has 2 aromatic heterocycles. The van der Waals surface area contributed by atoms with Gasteiger partial charge in [0.25, 0.3) is 0 Å². The second-order valence-electron chi connectivity index (χ2n) is 3.41. The number of nitrogen functional groups attached to an aromatic ring is 1. The van der Waals surface area contributed by atoms with Crippen LogP contribution in [0.4, 0.5) is 11.5 Å². The van der Waals surface area contributed by atoms with Crippen LogP contribution >= 0.6 is 0 Å². The van der Waals surface area contributed by atoms with Gasteiger partial charge in [0.2, 0.25) is 5.82 Å². The summed E-state index contributed by atoms with van der Waals surface area (Å²) in [5.41, 5.74) is 5.76. The summed E-state index contributed by atoms with van der Waals surface area (Å²) in [7, 11) is 0. The molecule has 0 aliphatic heterocycles.